The van der Waals surface area contributed by atoms with E-state index in [2.05, 4.69) is 0 Å². The molecule has 1 aliphatic heterocycles. The number of ether oxygens (including phenoxy) is 3. The summed E-state index contributed by atoms with van der Waals surface area (Å²) < 4.78 is 14.8. The first kappa shape index (κ1) is 11.8. The van der Waals surface area contributed by atoms with Crippen LogP contribution >= 0.6 is 0 Å². The Morgan fingerprint density at radius 2 is 1.71 bits per heavy atom. The smallest absolute Gasteiger partial charge is 0.184 e. The average molecular weight is 208 g/mol. The molecule has 0 spiro atoms. The van der Waals surface area contributed by atoms with Gasteiger partial charge in [0.15, 0.2) is 6.29 Å². The molecule has 1 saturated heterocycles. The lowest BCUT2D eigenvalue weighted by atomic mass is 9.99. The normalized spacial score (nSPS) is 43.9. The average Bonchev–Trinajstić information content (AvgIpc) is 2.17. The Balaban J connectivity index is 2.72. The van der Waals surface area contributed by atoms with Crippen LogP contribution in [0, 0.1) is 0 Å². The molecule has 3 N–H and O–H groups in total. The fourth-order valence-corrected chi connectivity index (χ4v) is 1.60. The number of hydrogen-bond acceptors (Lipinski definition) is 6. The standard InChI is InChI=1S/C8H16O6/c1-12-6-4(3-9)14-8(11)7(13-2)5(6)10/h4-11H,3H2,1-2H3/t4-,5-,6+,7-,8-/m0/s1. The van der Waals surface area contributed by atoms with Gasteiger partial charge in [-0.3, -0.25) is 0 Å². The molecule has 1 heterocycles. The van der Waals surface area contributed by atoms with E-state index in [4.69, 9.17) is 19.3 Å². The summed E-state index contributed by atoms with van der Waals surface area (Å²) in [6.07, 6.45) is -4.57. The van der Waals surface area contributed by atoms with E-state index in [-0.39, 0.29) is 6.61 Å². The Hall–Kier alpha value is -0.240. The molecular formula is C8H16O6. The van der Waals surface area contributed by atoms with Crippen LogP contribution in [0.1, 0.15) is 0 Å². The fourth-order valence-electron chi connectivity index (χ4n) is 1.60. The van der Waals surface area contributed by atoms with Crippen LogP contribution < -0.4 is 0 Å². The van der Waals surface area contributed by atoms with Gasteiger partial charge in [-0.15, -0.1) is 0 Å². The molecule has 1 aliphatic rings. The Morgan fingerprint density at radius 3 is 2.14 bits per heavy atom. The summed E-state index contributed by atoms with van der Waals surface area (Å²) in [6.45, 7) is -0.330. The molecule has 6 nitrogen and oxygen atoms in total. The molecule has 0 aliphatic carbocycles. The SMILES string of the molecule is CO[C@H]1[C@H](O)[C@H](OC)[C@@H](O)O[C@H]1CO. The predicted octanol–water partition coefficient (Wildman–Crippen LogP) is -1.91. The Kier molecular flexibility index (Phi) is 4.24. The summed E-state index contributed by atoms with van der Waals surface area (Å²) in [4.78, 5) is 0. The summed E-state index contributed by atoms with van der Waals surface area (Å²) in [7, 11) is 2.75. The van der Waals surface area contributed by atoms with Crippen molar-refractivity contribution in [3.05, 3.63) is 0 Å². The van der Waals surface area contributed by atoms with Crippen LogP contribution in [0.25, 0.3) is 0 Å². The lowest BCUT2D eigenvalue weighted by Gasteiger charge is -2.40. The van der Waals surface area contributed by atoms with Crippen molar-refractivity contribution in [3.8, 4) is 0 Å². The summed E-state index contributed by atoms with van der Waals surface area (Å²) in [6, 6.07) is 0. The highest BCUT2D eigenvalue weighted by Crippen LogP contribution is 2.23. The van der Waals surface area contributed by atoms with Crippen LogP contribution in [0.2, 0.25) is 0 Å². The monoisotopic (exact) mass is 208 g/mol. The van der Waals surface area contributed by atoms with Crippen molar-refractivity contribution in [2.45, 2.75) is 30.7 Å². The lowest BCUT2D eigenvalue weighted by molar-refractivity contribution is -0.295. The van der Waals surface area contributed by atoms with Gasteiger partial charge in [-0.2, -0.15) is 0 Å². The molecule has 0 amide bonds. The Labute approximate surface area is 82.0 Å². The van der Waals surface area contributed by atoms with Gasteiger partial charge in [0.1, 0.15) is 24.4 Å². The maximum absolute atomic E-state index is 9.70. The van der Waals surface area contributed by atoms with E-state index in [1.54, 1.807) is 0 Å². The topological polar surface area (TPSA) is 88.4 Å². The first-order valence-electron chi connectivity index (χ1n) is 4.33. The molecule has 1 fully saturated rings. The summed E-state index contributed by atoms with van der Waals surface area (Å²) >= 11 is 0. The number of hydrogen-bond donors (Lipinski definition) is 3. The number of aliphatic hydroxyl groups is 3. The van der Waals surface area contributed by atoms with Crippen molar-refractivity contribution in [2.24, 2.45) is 0 Å². The zero-order chi connectivity index (χ0) is 10.7. The molecule has 0 aromatic heterocycles. The first-order valence-corrected chi connectivity index (χ1v) is 4.33. The van der Waals surface area contributed by atoms with Crippen LogP contribution in [-0.2, 0) is 14.2 Å². The second kappa shape index (κ2) is 5.01. The minimum absolute atomic E-state index is 0.330. The van der Waals surface area contributed by atoms with Crippen molar-refractivity contribution in [3.63, 3.8) is 0 Å². The summed E-state index contributed by atoms with van der Waals surface area (Å²) in [5.74, 6) is 0. The molecule has 0 aromatic rings. The molecule has 0 radical (unpaired) electrons. The third-order valence-electron chi connectivity index (χ3n) is 2.36. The molecule has 5 atom stereocenters. The Bertz CT molecular complexity index is 175. The van der Waals surface area contributed by atoms with Gasteiger partial charge >= 0.3 is 0 Å². The van der Waals surface area contributed by atoms with E-state index in [1.165, 1.54) is 14.2 Å². The van der Waals surface area contributed by atoms with Gasteiger partial charge in [-0.05, 0) is 0 Å². The maximum atomic E-state index is 9.70. The highest BCUT2D eigenvalue weighted by molar-refractivity contribution is 4.90. The first-order chi connectivity index (χ1) is 6.65. The van der Waals surface area contributed by atoms with Crippen LogP contribution in [0.5, 0.6) is 0 Å². The van der Waals surface area contributed by atoms with Gasteiger partial charge in [0.2, 0.25) is 0 Å². The highest BCUT2D eigenvalue weighted by atomic mass is 16.7. The van der Waals surface area contributed by atoms with Crippen molar-refractivity contribution in [2.75, 3.05) is 20.8 Å². The molecule has 14 heavy (non-hydrogen) atoms. The molecule has 0 bridgehead atoms. The minimum Gasteiger partial charge on any atom is -0.394 e. The van der Waals surface area contributed by atoms with E-state index in [9.17, 15) is 10.2 Å². The molecule has 6 heteroatoms. The fraction of sp³-hybridized carbons (Fsp3) is 1.00. The highest BCUT2D eigenvalue weighted by Gasteiger charge is 2.44. The van der Waals surface area contributed by atoms with E-state index in [1.807, 2.05) is 0 Å². The van der Waals surface area contributed by atoms with Gasteiger partial charge < -0.3 is 29.5 Å². The molecule has 0 saturated carbocycles. The molecule has 0 unspecified atom stereocenters. The quantitative estimate of drug-likeness (QED) is 0.501. The zero-order valence-electron chi connectivity index (χ0n) is 8.16. The summed E-state index contributed by atoms with van der Waals surface area (Å²) in [5, 5.41) is 28.0. The Morgan fingerprint density at radius 1 is 1.14 bits per heavy atom. The molecule has 84 valence electrons. The van der Waals surface area contributed by atoms with Gasteiger partial charge in [-0.1, -0.05) is 0 Å². The van der Waals surface area contributed by atoms with Gasteiger partial charge in [0.25, 0.3) is 0 Å². The van der Waals surface area contributed by atoms with Gasteiger partial charge in [-0.25, -0.2) is 0 Å². The molecule has 0 aromatic carbocycles. The van der Waals surface area contributed by atoms with Crippen molar-refractivity contribution in [1.29, 1.82) is 0 Å². The molecule has 1 rings (SSSR count). The third kappa shape index (κ3) is 2.05. The second-order valence-corrected chi connectivity index (χ2v) is 3.14. The summed E-state index contributed by atoms with van der Waals surface area (Å²) in [5.41, 5.74) is 0. The number of aliphatic hydroxyl groups excluding tert-OH is 3. The largest absolute Gasteiger partial charge is 0.394 e. The maximum Gasteiger partial charge on any atom is 0.184 e. The van der Waals surface area contributed by atoms with Crippen LogP contribution in [0.15, 0.2) is 0 Å². The van der Waals surface area contributed by atoms with Crippen LogP contribution in [-0.4, -0.2) is 66.9 Å². The van der Waals surface area contributed by atoms with E-state index >= 15 is 0 Å². The lowest BCUT2D eigenvalue weighted by Crippen LogP contribution is -2.59. The van der Waals surface area contributed by atoms with Gasteiger partial charge in [0.05, 0.1) is 6.61 Å². The van der Waals surface area contributed by atoms with Crippen LogP contribution in [0.3, 0.4) is 0 Å². The van der Waals surface area contributed by atoms with Crippen LogP contribution in [0.4, 0.5) is 0 Å². The van der Waals surface area contributed by atoms with E-state index in [0.717, 1.165) is 0 Å². The predicted molar refractivity (Wildman–Crippen MR) is 45.6 cm³/mol. The number of rotatable bonds is 3. The van der Waals surface area contributed by atoms with Crippen molar-refractivity contribution >= 4 is 0 Å². The van der Waals surface area contributed by atoms with E-state index < -0.39 is 30.7 Å². The van der Waals surface area contributed by atoms with E-state index in [0.29, 0.717) is 0 Å². The second-order valence-electron chi connectivity index (χ2n) is 3.14. The van der Waals surface area contributed by atoms with Crippen molar-refractivity contribution in [1.82, 2.24) is 0 Å². The zero-order valence-corrected chi connectivity index (χ0v) is 8.16. The number of methoxy groups -OCH3 is 2. The molecular weight excluding hydrogens is 192 g/mol. The minimum atomic E-state index is -1.25. The van der Waals surface area contributed by atoms with Crippen molar-refractivity contribution < 1.29 is 29.5 Å². The van der Waals surface area contributed by atoms with Gasteiger partial charge in [0, 0.05) is 14.2 Å². The third-order valence-corrected chi connectivity index (χ3v) is 2.36.